The van der Waals surface area contributed by atoms with Gasteiger partial charge in [0.05, 0.1) is 11.3 Å². The zero-order valence-corrected chi connectivity index (χ0v) is 10.0. The van der Waals surface area contributed by atoms with Gasteiger partial charge in [-0.25, -0.2) is 0 Å². The number of halogens is 1. The van der Waals surface area contributed by atoms with Crippen molar-refractivity contribution in [1.29, 1.82) is 0 Å². The van der Waals surface area contributed by atoms with E-state index in [9.17, 15) is 4.79 Å². The van der Waals surface area contributed by atoms with Crippen LogP contribution in [0.25, 0.3) is 0 Å². The Balaban J connectivity index is 2.99. The lowest BCUT2D eigenvalue weighted by Gasteiger charge is -2.19. The van der Waals surface area contributed by atoms with E-state index < -0.39 is 11.4 Å². The van der Waals surface area contributed by atoms with Gasteiger partial charge in [0.15, 0.2) is 0 Å². The summed E-state index contributed by atoms with van der Waals surface area (Å²) in [7, 11) is 0. The highest BCUT2D eigenvalue weighted by Crippen LogP contribution is 2.23. The molecule has 0 atom stereocenters. The fourth-order valence-electron chi connectivity index (χ4n) is 1.23. The van der Waals surface area contributed by atoms with Crippen LogP contribution < -0.4 is 0 Å². The van der Waals surface area contributed by atoms with Crippen LogP contribution in [-0.2, 0) is 10.2 Å². The number of hydrogen-bond donors (Lipinski definition) is 1. The summed E-state index contributed by atoms with van der Waals surface area (Å²) >= 11 is 5.45. The minimum atomic E-state index is -0.877. The van der Waals surface area contributed by atoms with Gasteiger partial charge < -0.3 is 5.11 Å². The Morgan fingerprint density at radius 1 is 1.38 bits per heavy atom. The van der Waals surface area contributed by atoms with Crippen LogP contribution in [0.5, 0.6) is 0 Å². The van der Waals surface area contributed by atoms with Crippen molar-refractivity contribution in [2.24, 2.45) is 0 Å². The molecule has 84 valence electrons. The van der Waals surface area contributed by atoms with E-state index in [0.717, 1.165) is 11.1 Å². The molecule has 1 N–H and O–H groups in total. The summed E-state index contributed by atoms with van der Waals surface area (Å²) in [6.45, 7) is 3.35. The first kappa shape index (κ1) is 12.6. The molecule has 0 saturated carbocycles. The van der Waals surface area contributed by atoms with E-state index in [1.807, 2.05) is 0 Å². The lowest BCUT2D eigenvalue weighted by atomic mass is 9.84. The molecule has 0 fully saturated rings. The Hall–Kier alpha value is -1.46. The van der Waals surface area contributed by atoms with Crippen LogP contribution in [0.1, 0.15) is 25.0 Å². The molecule has 0 unspecified atom stereocenters. The van der Waals surface area contributed by atoms with E-state index in [-0.39, 0.29) is 0 Å². The molecule has 0 aliphatic heterocycles. The lowest BCUT2D eigenvalue weighted by Crippen LogP contribution is -2.28. The van der Waals surface area contributed by atoms with Crippen molar-refractivity contribution >= 4 is 17.6 Å². The SMILES string of the molecule is CC(C)(C(=O)O)c1ccc(C#CCCl)cc1. The van der Waals surface area contributed by atoms with Gasteiger partial charge in [-0.1, -0.05) is 24.0 Å². The summed E-state index contributed by atoms with van der Waals surface area (Å²) in [4.78, 5) is 11.0. The van der Waals surface area contributed by atoms with Crippen molar-refractivity contribution < 1.29 is 9.90 Å². The van der Waals surface area contributed by atoms with Crippen molar-refractivity contribution in [2.45, 2.75) is 19.3 Å². The molecule has 1 aromatic carbocycles. The Bertz CT molecular complexity index is 435. The minimum Gasteiger partial charge on any atom is -0.481 e. The quantitative estimate of drug-likeness (QED) is 0.633. The highest BCUT2D eigenvalue weighted by Gasteiger charge is 2.28. The number of carboxylic acid groups (broad SMARTS) is 1. The van der Waals surface area contributed by atoms with Gasteiger partial charge in [-0.05, 0) is 31.5 Å². The molecular formula is C13H13ClO2. The zero-order valence-electron chi connectivity index (χ0n) is 9.25. The first-order valence-electron chi connectivity index (χ1n) is 4.87. The number of alkyl halides is 1. The maximum absolute atomic E-state index is 11.0. The Kier molecular flexibility index (Phi) is 3.98. The van der Waals surface area contributed by atoms with E-state index in [2.05, 4.69) is 11.8 Å². The minimum absolute atomic E-state index is 0.294. The second-order valence-corrected chi connectivity index (χ2v) is 4.21. The highest BCUT2D eigenvalue weighted by atomic mass is 35.5. The average Bonchev–Trinajstić information content (AvgIpc) is 2.26. The summed E-state index contributed by atoms with van der Waals surface area (Å²) in [5.41, 5.74) is 0.723. The maximum Gasteiger partial charge on any atom is 0.313 e. The summed E-state index contributed by atoms with van der Waals surface area (Å²) in [6.07, 6.45) is 0. The molecule has 0 aliphatic carbocycles. The zero-order chi connectivity index (χ0) is 12.2. The van der Waals surface area contributed by atoms with Gasteiger partial charge in [-0.2, -0.15) is 0 Å². The van der Waals surface area contributed by atoms with Crippen molar-refractivity contribution in [3.8, 4) is 11.8 Å². The molecule has 1 aromatic rings. The van der Waals surface area contributed by atoms with Crippen LogP contribution in [0, 0.1) is 11.8 Å². The molecule has 0 radical (unpaired) electrons. The van der Waals surface area contributed by atoms with Gasteiger partial charge in [-0.3, -0.25) is 4.79 Å². The molecule has 0 bridgehead atoms. The molecule has 0 saturated heterocycles. The maximum atomic E-state index is 11.0. The van der Waals surface area contributed by atoms with Crippen molar-refractivity contribution in [3.05, 3.63) is 35.4 Å². The van der Waals surface area contributed by atoms with Gasteiger partial charge in [0.1, 0.15) is 0 Å². The smallest absolute Gasteiger partial charge is 0.313 e. The normalized spacial score (nSPS) is 10.4. The molecule has 0 aromatic heterocycles. The van der Waals surface area contributed by atoms with Crippen LogP contribution in [0.3, 0.4) is 0 Å². The molecule has 0 heterocycles. The van der Waals surface area contributed by atoms with E-state index in [1.165, 1.54) is 0 Å². The number of carbonyl (C=O) groups is 1. The van der Waals surface area contributed by atoms with Gasteiger partial charge in [0, 0.05) is 5.56 Å². The van der Waals surface area contributed by atoms with Crippen LogP contribution in [0.15, 0.2) is 24.3 Å². The van der Waals surface area contributed by atoms with E-state index in [4.69, 9.17) is 16.7 Å². The van der Waals surface area contributed by atoms with Gasteiger partial charge in [0.2, 0.25) is 0 Å². The Morgan fingerprint density at radius 2 is 1.94 bits per heavy atom. The summed E-state index contributed by atoms with van der Waals surface area (Å²) in [6, 6.07) is 7.18. The summed E-state index contributed by atoms with van der Waals surface area (Å²) in [5.74, 6) is 5.07. The third kappa shape index (κ3) is 2.77. The van der Waals surface area contributed by atoms with Gasteiger partial charge >= 0.3 is 5.97 Å². The molecule has 1 rings (SSSR count). The molecule has 2 nitrogen and oxygen atoms in total. The third-order valence-electron chi connectivity index (χ3n) is 2.44. The van der Waals surface area contributed by atoms with Crippen molar-refractivity contribution in [2.75, 3.05) is 5.88 Å². The van der Waals surface area contributed by atoms with E-state index in [0.29, 0.717) is 5.88 Å². The van der Waals surface area contributed by atoms with Gasteiger partial charge in [0.25, 0.3) is 0 Å². The second-order valence-electron chi connectivity index (χ2n) is 3.94. The fourth-order valence-corrected chi connectivity index (χ4v) is 1.30. The summed E-state index contributed by atoms with van der Waals surface area (Å²) < 4.78 is 0. The predicted octanol–water partition coefficient (Wildman–Crippen LogP) is 2.64. The molecule has 3 heteroatoms. The first-order chi connectivity index (χ1) is 7.48. The largest absolute Gasteiger partial charge is 0.481 e. The van der Waals surface area contributed by atoms with Gasteiger partial charge in [-0.15, -0.1) is 11.6 Å². The second kappa shape index (κ2) is 5.05. The fraction of sp³-hybridized carbons (Fsp3) is 0.308. The molecular weight excluding hydrogens is 224 g/mol. The monoisotopic (exact) mass is 236 g/mol. The number of aliphatic carboxylic acids is 1. The van der Waals surface area contributed by atoms with Crippen molar-refractivity contribution in [3.63, 3.8) is 0 Å². The molecule has 0 spiro atoms. The van der Waals surface area contributed by atoms with Crippen molar-refractivity contribution in [1.82, 2.24) is 0 Å². The van der Waals surface area contributed by atoms with Crippen LogP contribution >= 0.6 is 11.6 Å². The first-order valence-corrected chi connectivity index (χ1v) is 5.40. The Labute approximate surface area is 100 Å². The number of carboxylic acids is 1. The van der Waals surface area contributed by atoms with E-state index in [1.54, 1.807) is 38.1 Å². The van der Waals surface area contributed by atoms with Crippen LogP contribution in [0.2, 0.25) is 0 Å². The molecule has 0 aliphatic rings. The van der Waals surface area contributed by atoms with E-state index >= 15 is 0 Å². The average molecular weight is 237 g/mol. The summed E-state index contributed by atoms with van der Waals surface area (Å²) in [5, 5.41) is 9.06. The lowest BCUT2D eigenvalue weighted by molar-refractivity contribution is -0.142. The number of benzene rings is 1. The molecule has 16 heavy (non-hydrogen) atoms. The topological polar surface area (TPSA) is 37.3 Å². The number of rotatable bonds is 2. The van der Waals surface area contributed by atoms with Crippen LogP contribution in [-0.4, -0.2) is 17.0 Å². The Morgan fingerprint density at radius 3 is 2.38 bits per heavy atom. The highest BCUT2D eigenvalue weighted by molar-refractivity contribution is 6.19. The number of hydrogen-bond acceptors (Lipinski definition) is 1. The predicted molar refractivity (Wildman–Crippen MR) is 64.7 cm³/mol. The molecule has 0 amide bonds. The third-order valence-corrected chi connectivity index (χ3v) is 2.57. The van der Waals surface area contributed by atoms with Crippen LogP contribution in [0.4, 0.5) is 0 Å². The standard InChI is InChI=1S/C13H13ClO2/c1-13(2,12(15)16)11-7-5-10(6-8-11)4-3-9-14/h5-8H,9H2,1-2H3,(H,15,16).